The zero-order valence-corrected chi connectivity index (χ0v) is 9.27. The van der Waals surface area contributed by atoms with E-state index in [0.29, 0.717) is 5.75 Å². The van der Waals surface area contributed by atoms with E-state index in [9.17, 15) is 4.79 Å². The molecule has 0 saturated heterocycles. The largest absolute Gasteiger partial charge is 0.477 e. The summed E-state index contributed by atoms with van der Waals surface area (Å²) in [6, 6.07) is 8.10. The highest BCUT2D eigenvalue weighted by atomic mass is 32.1. The van der Waals surface area contributed by atoms with Crippen molar-refractivity contribution in [3.8, 4) is 17.7 Å². The van der Waals surface area contributed by atoms with E-state index in [1.54, 1.807) is 23.6 Å². The van der Waals surface area contributed by atoms with E-state index in [-0.39, 0.29) is 16.5 Å². The van der Waals surface area contributed by atoms with E-state index >= 15 is 0 Å². The van der Waals surface area contributed by atoms with Crippen LogP contribution in [0.1, 0.15) is 15.4 Å². The molecule has 0 fully saturated rings. The van der Waals surface area contributed by atoms with Gasteiger partial charge < -0.3 is 9.84 Å². The molecule has 2 heterocycles. The molecule has 0 atom stereocenters. The van der Waals surface area contributed by atoms with Crippen LogP contribution in [0.2, 0.25) is 0 Å². The number of carboxylic acid groups (broad SMARTS) is 1. The topological polar surface area (TPSA) is 83.2 Å². The Balaban J connectivity index is 2.19. The Morgan fingerprint density at radius 2 is 2.35 bits per heavy atom. The highest BCUT2D eigenvalue weighted by Gasteiger charge is 2.08. The number of nitriles is 1. The molecule has 0 aromatic carbocycles. The van der Waals surface area contributed by atoms with Crippen molar-refractivity contribution in [3.05, 3.63) is 40.2 Å². The second-order valence-electron chi connectivity index (χ2n) is 3.03. The van der Waals surface area contributed by atoms with Crippen molar-refractivity contribution in [2.24, 2.45) is 0 Å². The minimum Gasteiger partial charge on any atom is -0.477 e. The van der Waals surface area contributed by atoms with Crippen LogP contribution in [0.15, 0.2) is 29.6 Å². The zero-order chi connectivity index (χ0) is 12.3. The van der Waals surface area contributed by atoms with Crippen molar-refractivity contribution >= 4 is 17.3 Å². The quantitative estimate of drug-likeness (QED) is 0.899. The first-order valence-electron chi connectivity index (χ1n) is 4.56. The van der Waals surface area contributed by atoms with Crippen LogP contribution in [0, 0.1) is 11.3 Å². The zero-order valence-electron chi connectivity index (χ0n) is 8.45. The van der Waals surface area contributed by atoms with Gasteiger partial charge in [-0.15, -0.1) is 11.3 Å². The van der Waals surface area contributed by atoms with Crippen molar-refractivity contribution in [2.75, 3.05) is 0 Å². The number of pyridine rings is 1. The van der Waals surface area contributed by atoms with E-state index in [4.69, 9.17) is 15.1 Å². The number of ether oxygens (including phenoxy) is 1. The SMILES string of the molecule is N#Cc1cccc(Oc2csc(C(=O)O)c2)n1. The van der Waals surface area contributed by atoms with Gasteiger partial charge in [-0.05, 0) is 6.07 Å². The molecule has 0 amide bonds. The van der Waals surface area contributed by atoms with Crippen LogP contribution in [0.25, 0.3) is 0 Å². The summed E-state index contributed by atoms with van der Waals surface area (Å²) in [7, 11) is 0. The molecular formula is C11H6N2O3S. The number of nitrogens with zero attached hydrogens (tertiary/aromatic N) is 2. The van der Waals surface area contributed by atoms with Gasteiger partial charge in [-0.25, -0.2) is 9.78 Å². The molecule has 0 spiro atoms. The summed E-state index contributed by atoms with van der Waals surface area (Å²) in [6.45, 7) is 0. The molecular weight excluding hydrogens is 240 g/mol. The summed E-state index contributed by atoms with van der Waals surface area (Å²) in [5.41, 5.74) is 0.246. The molecule has 1 N–H and O–H groups in total. The second-order valence-corrected chi connectivity index (χ2v) is 3.94. The molecule has 2 rings (SSSR count). The molecule has 0 unspecified atom stereocenters. The minimum absolute atomic E-state index is 0.191. The van der Waals surface area contributed by atoms with Gasteiger partial charge in [0.25, 0.3) is 0 Å². The summed E-state index contributed by atoms with van der Waals surface area (Å²) < 4.78 is 5.34. The van der Waals surface area contributed by atoms with Gasteiger partial charge in [-0.1, -0.05) is 6.07 Å². The van der Waals surface area contributed by atoms with E-state index in [1.165, 1.54) is 6.07 Å². The number of hydrogen-bond acceptors (Lipinski definition) is 5. The third-order valence-electron chi connectivity index (χ3n) is 1.85. The molecule has 17 heavy (non-hydrogen) atoms. The first kappa shape index (κ1) is 11.1. The van der Waals surface area contributed by atoms with E-state index in [0.717, 1.165) is 11.3 Å². The van der Waals surface area contributed by atoms with Crippen molar-refractivity contribution < 1.29 is 14.6 Å². The van der Waals surface area contributed by atoms with Crippen LogP contribution in [-0.4, -0.2) is 16.1 Å². The molecule has 0 aliphatic carbocycles. The average Bonchev–Trinajstić information content (AvgIpc) is 2.78. The Morgan fingerprint density at radius 3 is 3.00 bits per heavy atom. The maximum Gasteiger partial charge on any atom is 0.346 e. The Kier molecular flexibility index (Phi) is 3.03. The highest BCUT2D eigenvalue weighted by Crippen LogP contribution is 2.25. The van der Waals surface area contributed by atoms with Crippen molar-refractivity contribution in [2.45, 2.75) is 0 Å². The fourth-order valence-corrected chi connectivity index (χ4v) is 1.78. The number of hydrogen-bond donors (Lipinski definition) is 1. The molecule has 0 saturated carbocycles. The van der Waals surface area contributed by atoms with Crippen LogP contribution in [0.5, 0.6) is 11.6 Å². The Labute approximate surface area is 101 Å². The Morgan fingerprint density at radius 1 is 1.53 bits per heavy atom. The number of carboxylic acids is 1. The third-order valence-corrected chi connectivity index (χ3v) is 2.74. The first-order valence-corrected chi connectivity index (χ1v) is 5.44. The monoisotopic (exact) mass is 246 g/mol. The van der Waals surface area contributed by atoms with E-state index in [1.807, 2.05) is 6.07 Å². The molecule has 0 aliphatic rings. The van der Waals surface area contributed by atoms with E-state index in [2.05, 4.69) is 4.98 Å². The van der Waals surface area contributed by atoms with Gasteiger partial charge in [0.05, 0.1) is 0 Å². The number of thiophene rings is 1. The molecule has 0 bridgehead atoms. The van der Waals surface area contributed by atoms with Gasteiger partial charge in [0.15, 0.2) is 0 Å². The molecule has 84 valence electrons. The number of rotatable bonds is 3. The van der Waals surface area contributed by atoms with Crippen LogP contribution in [0.4, 0.5) is 0 Å². The fourth-order valence-electron chi connectivity index (χ4n) is 1.14. The first-order chi connectivity index (χ1) is 8.19. The predicted octanol–water partition coefficient (Wildman–Crippen LogP) is 2.51. The lowest BCUT2D eigenvalue weighted by atomic mass is 10.4. The number of carbonyl (C=O) groups is 1. The lowest BCUT2D eigenvalue weighted by molar-refractivity contribution is 0.0702. The van der Waals surface area contributed by atoms with Gasteiger partial charge in [0.1, 0.15) is 22.4 Å². The molecule has 2 aromatic heterocycles. The fraction of sp³-hybridized carbons (Fsp3) is 0. The maximum atomic E-state index is 10.7. The summed E-state index contributed by atoms with van der Waals surface area (Å²) in [5, 5.41) is 19.0. The maximum absolute atomic E-state index is 10.7. The van der Waals surface area contributed by atoms with Crippen LogP contribution < -0.4 is 4.74 Å². The van der Waals surface area contributed by atoms with Crippen molar-refractivity contribution in [3.63, 3.8) is 0 Å². The van der Waals surface area contributed by atoms with Gasteiger partial charge >= 0.3 is 5.97 Å². The van der Waals surface area contributed by atoms with Crippen LogP contribution >= 0.6 is 11.3 Å². The van der Waals surface area contributed by atoms with Crippen molar-refractivity contribution in [1.82, 2.24) is 4.98 Å². The van der Waals surface area contributed by atoms with Gasteiger partial charge in [-0.2, -0.15) is 5.26 Å². The lowest BCUT2D eigenvalue weighted by Gasteiger charge is -2.00. The molecule has 2 aromatic rings. The Bertz CT molecular complexity index is 601. The molecule has 6 heteroatoms. The third kappa shape index (κ3) is 2.59. The normalized spacial score (nSPS) is 9.59. The minimum atomic E-state index is -0.997. The summed E-state index contributed by atoms with van der Waals surface area (Å²) in [4.78, 5) is 14.8. The van der Waals surface area contributed by atoms with Crippen molar-refractivity contribution in [1.29, 1.82) is 5.26 Å². The standard InChI is InChI=1S/C11H6N2O3S/c12-5-7-2-1-3-10(13-7)16-8-4-9(11(14)15)17-6-8/h1-4,6H,(H,14,15). The highest BCUT2D eigenvalue weighted by molar-refractivity contribution is 7.12. The Hall–Kier alpha value is -2.39. The van der Waals surface area contributed by atoms with E-state index < -0.39 is 5.97 Å². The number of aromatic carboxylic acids is 1. The predicted molar refractivity (Wildman–Crippen MR) is 60.3 cm³/mol. The van der Waals surface area contributed by atoms with Crippen LogP contribution in [0.3, 0.4) is 0 Å². The van der Waals surface area contributed by atoms with Gasteiger partial charge in [0, 0.05) is 17.5 Å². The molecule has 5 nitrogen and oxygen atoms in total. The van der Waals surface area contributed by atoms with Crippen LogP contribution in [-0.2, 0) is 0 Å². The van der Waals surface area contributed by atoms with Gasteiger partial charge in [-0.3, -0.25) is 0 Å². The second kappa shape index (κ2) is 4.63. The lowest BCUT2D eigenvalue weighted by Crippen LogP contribution is -1.91. The van der Waals surface area contributed by atoms with Gasteiger partial charge in [0.2, 0.25) is 5.88 Å². The smallest absolute Gasteiger partial charge is 0.346 e. The average molecular weight is 246 g/mol. The molecule has 0 aliphatic heterocycles. The summed E-state index contributed by atoms with van der Waals surface area (Å²) >= 11 is 1.07. The molecule has 0 radical (unpaired) electrons. The summed E-state index contributed by atoms with van der Waals surface area (Å²) in [5.74, 6) is -0.336. The number of aromatic nitrogens is 1. The summed E-state index contributed by atoms with van der Waals surface area (Å²) in [6.07, 6.45) is 0.